The first-order valence-electron chi connectivity index (χ1n) is 4.93. The molecule has 0 saturated heterocycles. The lowest BCUT2D eigenvalue weighted by Gasteiger charge is -2.03. The summed E-state index contributed by atoms with van der Waals surface area (Å²) in [6.07, 6.45) is 1.50. The minimum atomic E-state index is 0.420. The summed E-state index contributed by atoms with van der Waals surface area (Å²) in [5, 5.41) is 5.10. The Bertz CT molecular complexity index is 595. The Morgan fingerprint density at radius 3 is 2.72 bits per heavy atom. The van der Waals surface area contributed by atoms with Crippen LogP contribution in [-0.2, 0) is 0 Å². The Balaban J connectivity index is 2.15. The van der Waals surface area contributed by atoms with Crippen LogP contribution in [-0.4, -0.2) is 10.7 Å². The lowest BCUT2D eigenvalue weighted by atomic mass is 10.3. The van der Waals surface area contributed by atoms with Gasteiger partial charge in [0.25, 0.3) is 0 Å². The van der Waals surface area contributed by atoms with Gasteiger partial charge in [-0.15, -0.1) is 11.3 Å². The van der Waals surface area contributed by atoms with Crippen molar-refractivity contribution in [1.29, 1.82) is 0 Å². The number of anilines is 1. The number of nitrogens with zero attached hydrogens (tertiary/aromatic N) is 2. The maximum absolute atomic E-state index is 5.97. The average Bonchev–Trinajstić information content (AvgIpc) is 2.74. The summed E-state index contributed by atoms with van der Waals surface area (Å²) < 4.78 is 0.724. The highest BCUT2D eigenvalue weighted by atomic mass is 35.5. The molecular formula is C11H8Cl3N3S. The molecule has 2 aromatic rings. The van der Waals surface area contributed by atoms with Crippen molar-refractivity contribution in [3.63, 3.8) is 0 Å². The molecule has 0 aliphatic carbocycles. The number of hydrogen-bond donors (Lipinski definition) is 1. The summed E-state index contributed by atoms with van der Waals surface area (Å²) in [6, 6.07) is 5.34. The predicted octanol–water partition coefficient (Wildman–Crippen LogP) is 4.94. The van der Waals surface area contributed by atoms with Gasteiger partial charge in [-0.25, -0.2) is 4.98 Å². The summed E-state index contributed by atoms with van der Waals surface area (Å²) in [7, 11) is 0. The summed E-state index contributed by atoms with van der Waals surface area (Å²) >= 11 is 19.0. The number of hydrazone groups is 1. The van der Waals surface area contributed by atoms with Gasteiger partial charge < -0.3 is 0 Å². The molecule has 0 radical (unpaired) electrons. The van der Waals surface area contributed by atoms with Crippen molar-refractivity contribution in [2.24, 2.45) is 5.10 Å². The van der Waals surface area contributed by atoms with E-state index in [1.807, 2.05) is 19.1 Å². The van der Waals surface area contributed by atoms with E-state index in [0.717, 1.165) is 14.9 Å². The van der Waals surface area contributed by atoms with Gasteiger partial charge in [0.05, 0.1) is 25.0 Å². The Kier molecular flexibility index (Phi) is 4.45. The van der Waals surface area contributed by atoms with Crippen LogP contribution in [0, 0.1) is 0 Å². The van der Waals surface area contributed by atoms with E-state index in [-0.39, 0.29) is 0 Å². The van der Waals surface area contributed by atoms with Crippen LogP contribution < -0.4 is 5.43 Å². The van der Waals surface area contributed by atoms with Crippen molar-refractivity contribution >= 4 is 57.7 Å². The number of halogens is 3. The molecule has 0 atom stereocenters. The molecule has 0 aliphatic rings. The molecule has 0 saturated carbocycles. The molecule has 2 aromatic heterocycles. The molecule has 0 unspecified atom stereocenters. The van der Waals surface area contributed by atoms with Crippen molar-refractivity contribution in [2.75, 3.05) is 5.43 Å². The third-order valence-electron chi connectivity index (χ3n) is 2.07. The molecule has 94 valence electrons. The molecule has 1 N–H and O–H groups in total. The lowest BCUT2D eigenvalue weighted by molar-refractivity contribution is 1.22. The van der Waals surface area contributed by atoms with Crippen LogP contribution >= 0.6 is 46.1 Å². The zero-order chi connectivity index (χ0) is 13.1. The molecule has 0 bridgehead atoms. The van der Waals surface area contributed by atoms with E-state index in [0.29, 0.717) is 15.9 Å². The van der Waals surface area contributed by atoms with Crippen LogP contribution in [0.25, 0.3) is 0 Å². The van der Waals surface area contributed by atoms with Crippen LogP contribution in [0.5, 0.6) is 0 Å². The highest BCUT2D eigenvalue weighted by Gasteiger charge is 2.04. The monoisotopic (exact) mass is 319 g/mol. The smallest absolute Gasteiger partial charge is 0.165 e. The van der Waals surface area contributed by atoms with Crippen LogP contribution in [0.3, 0.4) is 0 Å². The minimum absolute atomic E-state index is 0.420. The summed E-state index contributed by atoms with van der Waals surface area (Å²) in [5.74, 6) is 0.461. The molecule has 0 aliphatic heterocycles. The van der Waals surface area contributed by atoms with E-state index in [2.05, 4.69) is 15.5 Å². The third-order valence-corrected chi connectivity index (χ3v) is 3.90. The molecule has 0 fully saturated rings. The Morgan fingerprint density at radius 1 is 1.33 bits per heavy atom. The van der Waals surface area contributed by atoms with Gasteiger partial charge in [-0.1, -0.05) is 34.8 Å². The zero-order valence-corrected chi connectivity index (χ0v) is 12.3. The normalized spacial score (nSPS) is 11.7. The summed E-state index contributed by atoms with van der Waals surface area (Å²) in [6.45, 7) is 1.87. The van der Waals surface area contributed by atoms with E-state index in [1.54, 1.807) is 6.07 Å². The fourth-order valence-corrected chi connectivity index (χ4v) is 2.61. The van der Waals surface area contributed by atoms with E-state index < -0.39 is 0 Å². The number of hydrogen-bond acceptors (Lipinski definition) is 4. The second-order valence-electron chi connectivity index (χ2n) is 3.40. The Morgan fingerprint density at radius 2 is 2.11 bits per heavy atom. The third kappa shape index (κ3) is 3.36. The van der Waals surface area contributed by atoms with Crippen molar-refractivity contribution in [3.05, 3.63) is 43.7 Å². The van der Waals surface area contributed by atoms with Crippen molar-refractivity contribution < 1.29 is 0 Å². The largest absolute Gasteiger partial charge is 0.260 e. The predicted molar refractivity (Wildman–Crippen MR) is 79.4 cm³/mol. The first-order valence-corrected chi connectivity index (χ1v) is 6.88. The quantitative estimate of drug-likeness (QED) is 0.642. The number of rotatable bonds is 3. The fraction of sp³-hybridized carbons (Fsp3) is 0.0909. The number of thiophene rings is 1. The molecule has 7 heteroatoms. The van der Waals surface area contributed by atoms with Crippen molar-refractivity contribution in [1.82, 2.24) is 4.98 Å². The molecule has 2 heterocycles. The van der Waals surface area contributed by atoms with Crippen LogP contribution in [0.1, 0.15) is 11.8 Å². The first kappa shape index (κ1) is 13.6. The number of pyridine rings is 1. The van der Waals surface area contributed by atoms with Gasteiger partial charge in [-0.2, -0.15) is 5.10 Å². The van der Waals surface area contributed by atoms with Gasteiger partial charge >= 0.3 is 0 Å². The van der Waals surface area contributed by atoms with Gasteiger partial charge in [0.1, 0.15) is 0 Å². The molecule has 2 rings (SSSR count). The second kappa shape index (κ2) is 5.89. The van der Waals surface area contributed by atoms with E-state index in [4.69, 9.17) is 34.8 Å². The van der Waals surface area contributed by atoms with E-state index in [9.17, 15) is 0 Å². The molecule has 0 spiro atoms. The van der Waals surface area contributed by atoms with Crippen LogP contribution in [0.15, 0.2) is 29.5 Å². The minimum Gasteiger partial charge on any atom is -0.260 e. The van der Waals surface area contributed by atoms with Gasteiger partial charge in [0.2, 0.25) is 0 Å². The SMILES string of the molecule is C/C(=N\Nc1ncc(Cl)cc1Cl)c1ccc(Cl)s1. The Labute approximate surface area is 123 Å². The maximum Gasteiger partial charge on any atom is 0.165 e. The van der Waals surface area contributed by atoms with Gasteiger partial charge in [0.15, 0.2) is 5.82 Å². The maximum atomic E-state index is 5.97. The fourth-order valence-electron chi connectivity index (χ4n) is 1.20. The van der Waals surface area contributed by atoms with Crippen LogP contribution in [0.4, 0.5) is 5.82 Å². The van der Waals surface area contributed by atoms with Gasteiger partial charge in [-0.05, 0) is 25.1 Å². The van der Waals surface area contributed by atoms with Gasteiger partial charge in [-0.3, -0.25) is 5.43 Å². The molecule has 0 aromatic carbocycles. The zero-order valence-electron chi connectivity index (χ0n) is 9.25. The standard InChI is InChI=1S/C11H8Cl3N3S/c1-6(9-2-3-10(14)18-9)16-17-11-8(13)4-7(12)5-15-11/h2-5H,1H3,(H,15,17)/b16-6+. The highest BCUT2D eigenvalue weighted by molar-refractivity contribution is 7.18. The number of aromatic nitrogens is 1. The second-order valence-corrected chi connectivity index (χ2v) is 5.96. The topological polar surface area (TPSA) is 37.3 Å². The summed E-state index contributed by atoms with van der Waals surface area (Å²) in [4.78, 5) is 5.03. The average molecular weight is 321 g/mol. The van der Waals surface area contributed by atoms with Crippen LogP contribution in [0.2, 0.25) is 14.4 Å². The van der Waals surface area contributed by atoms with E-state index in [1.165, 1.54) is 17.5 Å². The van der Waals surface area contributed by atoms with Crippen molar-refractivity contribution in [2.45, 2.75) is 6.92 Å². The van der Waals surface area contributed by atoms with Crippen molar-refractivity contribution in [3.8, 4) is 0 Å². The van der Waals surface area contributed by atoms with Gasteiger partial charge in [0, 0.05) is 6.20 Å². The Hall–Kier alpha value is -0.810. The lowest BCUT2D eigenvalue weighted by Crippen LogP contribution is -1.99. The molecular weight excluding hydrogens is 313 g/mol. The highest BCUT2D eigenvalue weighted by Crippen LogP contribution is 2.24. The van der Waals surface area contributed by atoms with E-state index >= 15 is 0 Å². The molecule has 3 nitrogen and oxygen atoms in total. The molecule has 18 heavy (non-hydrogen) atoms. The summed E-state index contributed by atoms with van der Waals surface area (Å²) in [5.41, 5.74) is 3.60. The molecule has 0 amide bonds. The first-order chi connectivity index (χ1) is 8.56. The number of nitrogens with one attached hydrogen (secondary N) is 1.